The average Bonchev–Trinajstić information content (AvgIpc) is 3.70. The minimum Gasteiger partial charge on any atom is -0.310 e. The van der Waals surface area contributed by atoms with E-state index in [4.69, 9.17) is 6.85 Å². The van der Waals surface area contributed by atoms with E-state index in [9.17, 15) is 0 Å². The maximum atomic E-state index is 8.55. The number of nitrogens with zero attached hydrogens (tertiary/aromatic N) is 2. The van der Waals surface area contributed by atoms with Gasteiger partial charge in [-0.15, -0.1) is 0 Å². The Balaban J connectivity index is 0.919. The zero-order chi connectivity index (χ0) is 44.2. The lowest BCUT2D eigenvalue weighted by Crippen LogP contribution is -2.09. The van der Waals surface area contributed by atoms with Crippen LogP contribution in [0.3, 0.4) is 0 Å². The van der Waals surface area contributed by atoms with Crippen molar-refractivity contribution in [3.05, 3.63) is 243 Å². The van der Waals surface area contributed by atoms with E-state index in [0.717, 1.165) is 61.3 Å². The highest BCUT2D eigenvalue weighted by atomic mass is 15.1. The summed E-state index contributed by atoms with van der Waals surface area (Å²) >= 11 is 0. The number of fused-ring (bicyclic) bond motifs is 4. The summed E-state index contributed by atoms with van der Waals surface area (Å²) in [6.07, 6.45) is 0. The van der Waals surface area contributed by atoms with E-state index in [2.05, 4.69) is 179 Å². The van der Waals surface area contributed by atoms with Gasteiger partial charge in [0.15, 0.2) is 0 Å². The number of hydrogen-bond donors (Lipinski definition) is 0. The van der Waals surface area contributed by atoms with Gasteiger partial charge in [-0.1, -0.05) is 170 Å². The number of rotatable bonds is 8. The molecule has 282 valence electrons. The number of para-hydroxylation sites is 2. The van der Waals surface area contributed by atoms with Gasteiger partial charge in [-0.3, -0.25) is 0 Å². The molecule has 0 aliphatic carbocycles. The molecule has 1 heterocycles. The summed E-state index contributed by atoms with van der Waals surface area (Å²) in [7, 11) is 0. The minimum atomic E-state index is -0.402. The minimum absolute atomic E-state index is 0.183. The second-order valence-corrected chi connectivity index (χ2v) is 15.0. The molecule has 2 nitrogen and oxygen atoms in total. The van der Waals surface area contributed by atoms with Crippen LogP contribution in [0.2, 0.25) is 0 Å². The van der Waals surface area contributed by atoms with Gasteiger partial charge in [0.25, 0.3) is 0 Å². The van der Waals surface area contributed by atoms with Crippen LogP contribution in [-0.4, -0.2) is 4.57 Å². The number of benzene rings is 10. The van der Waals surface area contributed by atoms with Gasteiger partial charge in [-0.25, -0.2) is 0 Å². The van der Waals surface area contributed by atoms with Crippen LogP contribution in [0.1, 0.15) is 6.85 Å². The smallest absolute Gasteiger partial charge is 0.0629 e. The Morgan fingerprint density at radius 3 is 1.48 bits per heavy atom. The highest BCUT2D eigenvalue weighted by Gasteiger charge is 2.16. The average molecular weight is 770 g/mol. The van der Waals surface area contributed by atoms with E-state index in [0.29, 0.717) is 5.56 Å². The molecule has 0 bridgehead atoms. The van der Waals surface area contributed by atoms with Crippen LogP contribution in [-0.2, 0) is 0 Å². The molecule has 0 radical (unpaired) electrons. The summed E-state index contributed by atoms with van der Waals surface area (Å²) in [6.45, 7) is 0. The summed E-state index contributed by atoms with van der Waals surface area (Å²) < 4.78 is 43.9. The number of anilines is 3. The maximum absolute atomic E-state index is 8.55. The normalized spacial score (nSPS) is 12.5. The van der Waals surface area contributed by atoms with E-state index in [1.807, 2.05) is 42.5 Å². The van der Waals surface area contributed by atoms with Crippen molar-refractivity contribution in [3.8, 4) is 50.2 Å². The van der Waals surface area contributed by atoms with Gasteiger partial charge in [0.05, 0.1) is 17.9 Å². The van der Waals surface area contributed by atoms with E-state index in [1.54, 1.807) is 0 Å². The van der Waals surface area contributed by atoms with E-state index in [1.165, 1.54) is 27.4 Å². The first kappa shape index (κ1) is 30.2. The van der Waals surface area contributed by atoms with Gasteiger partial charge in [-0.05, 0) is 128 Å². The van der Waals surface area contributed by atoms with Crippen LogP contribution in [0.5, 0.6) is 0 Å². The molecule has 0 aliphatic heterocycles. The zero-order valence-corrected chi connectivity index (χ0v) is 32.6. The Kier molecular flexibility index (Phi) is 7.59. The SMILES string of the molecule is [2H]c1c([2H])c([2H])c(-c2ccc(N(c3ccc(-c4ccccc4)cc3)c3ccc4cc(-c5ccc(-c6ccc7c(c6)c6ccccc6n7-c6ccccc6)cc5)ccc4c3)cc2)c([2H])c1[2H]. The molecule has 2 heteroatoms. The monoisotopic (exact) mass is 769 g/mol. The quantitative estimate of drug-likeness (QED) is 0.149. The van der Waals surface area contributed by atoms with Gasteiger partial charge in [0.1, 0.15) is 0 Å². The van der Waals surface area contributed by atoms with Crippen LogP contribution < -0.4 is 4.90 Å². The third-order valence-electron chi connectivity index (χ3n) is 11.5. The predicted molar refractivity (Wildman–Crippen MR) is 255 cm³/mol. The molecule has 0 fully saturated rings. The Labute approximate surface area is 357 Å². The predicted octanol–water partition coefficient (Wildman–Crippen LogP) is 16.1. The molecule has 0 saturated carbocycles. The summed E-state index contributed by atoms with van der Waals surface area (Å²) in [6, 6.07) is 72.6. The number of aromatic nitrogens is 1. The molecule has 0 unspecified atom stereocenters. The molecule has 0 saturated heterocycles. The van der Waals surface area contributed by atoms with Crippen LogP contribution in [0.4, 0.5) is 17.1 Å². The first-order valence-electron chi connectivity index (χ1n) is 22.7. The Bertz CT molecular complexity index is 3540. The van der Waals surface area contributed by atoms with Gasteiger partial charge >= 0.3 is 0 Å². The van der Waals surface area contributed by atoms with E-state index >= 15 is 0 Å². The highest BCUT2D eigenvalue weighted by Crippen LogP contribution is 2.40. The first-order chi connectivity index (χ1) is 31.8. The molecule has 1 aromatic heterocycles. The van der Waals surface area contributed by atoms with Gasteiger partial charge in [0, 0.05) is 33.5 Å². The van der Waals surface area contributed by atoms with Crippen molar-refractivity contribution in [1.82, 2.24) is 4.57 Å². The van der Waals surface area contributed by atoms with Gasteiger partial charge in [0.2, 0.25) is 0 Å². The fraction of sp³-hybridized carbons (Fsp3) is 0. The van der Waals surface area contributed by atoms with Crippen molar-refractivity contribution in [2.45, 2.75) is 0 Å². The third kappa shape index (κ3) is 6.51. The van der Waals surface area contributed by atoms with Crippen LogP contribution >= 0.6 is 0 Å². The van der Waals surface area contributed by atoms with Crippen molar-refractivity contribution < 1.29 is 6.85 Å². The Hall–Kier alpha value is -7.94. The highest BCUT2D eigenvalue weighted by molar-refractivity contribution is 6.10. The lowest BCUT2D eigenvalue weighted by molar-refractivity contribution is 1.18. The molecule has 0 spiro atoms. The maximum Gasteiger partial charge on any atom is 0.0629 e. The fourth-order valence-electron chi connectivity index (χ4n) is 8.47. The summed E-state index contributed by atoms with van der Waals surface area (Å²) in [4.78, 5) is 2.18. The molecule has 0 aliphatic rings. The van der Waals surface area contributed by atoms with Crippen molar-refractivity contribution in [2.24, 2.45) is 0 Å². The largest absolute Gasteiger partial charge is 0.310 e. The van der Waals surface area contributed by atoms with Crippen molar-refractivity contribution in [1.29, 1.82) is 0 Å². The molecule has 11 rings (SSSR count). The molecule has 10 aromatic carbocycles. The summed E-state index contributed by atoms with van der Waals surface area (Å²) in [5, 5.41) is 4.67. The van der Waals surface area contributed by atoms with Crippen LogP contribution in [0.15, 0.2) is 243 Å². The molecule has 60 heavy (non-hydrogen) atoms. The Morgan fingerprint density at radius 2 is 0.783 bits per heavy atom. The summed E-state index contributed by atoms with van der Waals surface area (Å²) in [5.74, 6) is 0. The molecular formula is C58H40N2. The van der Waals surface area contributed by atoms with Crippen LogP contribution in [0, 0.1) is 0 Å². The topological polar surface area (TPSA) is 8.17 Å². The first-order valence-corrected chi connectivity index (χ1v) is 20.2. The molecule has 0 amide bonds. The van der Waals surface area contributed by atoms with Gasteiger partial charge in [-0.2, -0.15) is 0 Å². The molecule has 0 N–H and O–H groups in total. The molecule has 0 atom stereocenters. The Morgan fingerprint density at radius 1 is 0.317 bits per heavy atom. The van der Waals surface area contributed by atoms with Crippen molar-refractivity contribution in [2.75, 3.05) is 4.90 Å². The lowest BCUT2D eigenvalue weighted by atomic mass is 9.97. The standard InChI is InChI=1S/C58H40N2/c1-4-12-41(13-5-1)43-26-32-52(33-27-43)59(53-34-28-44(29-35-53)42-14-6-2-7-15-42)54-36-30-48-38-47(24-25-49(48)39-54)45-20-22-46(23-21-45)50-31-37-58-56(40-50)55-18-10-11-19-57(55)60(58)51-16-8-3-9-17-51/h1-40H/i1D,4D,5D,12D,13D. The lowest BCUT2D eigenvalue weighted by Gasteiger charge is -2.26. The van der Waals surface area contributed by atoms with E-state index < -0.39 is 6.04 Å². The second-order valence-electron chi connectivity index (χ2n) is 15.0. The van der Waals surface area contributed by atoms with Crippen LogP contribution in [0.25, 0.3) is 82.8 Å². The van der Waals surface area contributed by atoms with E-state index in [-0.39, 0.29) is 29.7 Å². The number of hydrogen-bond acceptors (Lipinski definition) is 1. The summed E-state index contributed by atoms with van der Waals surface area (Å²) in [5.41, 5.74) is 13.9. The molecular weight excluding hydrogens is 725 g/mol. The van der Waals surface area contributed by atoms with Crippen molar-refractivity contribution in [3.63, 3.8) is 0 Å². The zero-order valence-electron chi connectivity index (χ0n) is 37.6. The fourth-order valence-corrected chi connectivity index (χ4v) is 8.47. The molecule has 11 aromatic rings. The van der Waals surface area contributed by atoms with Gasteiger partial charge < -0.3 is 9.47 Å². The third-order valence-corrected chi connectivity index (χ3v) is 11.5. The second kappa shape index (κ2) is 15.1. The van der Waals surface area contributed by atoms with Crippen molar-refractivity contribution >= 4 is 49.6 Å².